The number of rotatable bonds is 3. The van der Waals surface area contributed by atoms with Gasteiger partial charge in [0.05, 0.1) is 0 Å². The summed E-state index contributed by atoms with van der Waals surface area (Å²) in [6.07, 6.45) is 1.51. The summed E-state index contributed by atoms with van der Waals surface area (Å²) >= 11 is 0. The van der Waals surface area contributed by atoms with E-state index in [9.17, 15) is 8.42 Å². The van der Waals surface area contributed by atoms with Crippen molar-refractivity contribution in [3.8, 4) is 0 Å². The Morgan fingerprint density at radius 3 is 2.76 bits per heavy atom. The average molecular weight is 253 g/mol. The van der Waals surface area contributed by atoms with Crippen LogP contribution in [-0.4, -0.2) is 31.3 Å². The number of nitrogen functional groups attached to an aromatic ring is 1. The first-order chi connectivity index (χ1) is 7.96. The lowest BCUT2D eigenvalue weighted by molar-refractivity contribution is 0.487. The van der Waals surface area contributed by atoms with Crippen molar-refractivity contribution in [3.05, 3.63) is 24.4 Å². The van der Waals surface area contributed by atoms with Crippen molar-refractivity contribution in [2.24, 2.45) is 0 Å². The third kappa shape index (κ3) is 1.89. The Morgan fingerprint density at radius 1 is 1.41 bits per heavy atom. The molecule has 0 aliphatic carbocycles. The van der Waals surface area contributed by atoms with Crippen molar-refractivity contribution < 1.29 is 8.42 Å². The van der Waals surface area contributed by atoms with Crippen LogP contribution in [-0.2, 0) is 10.0 Å². The second-order valence-corrected chi connectivity index (χ2v) is 5.89. The minimum atomic E-state index is -3.42. The molecule has 0 amide bonds. The monoisotopic (exact) mass is 253 g/mol. The van der Waals surface area contributed by atoms with Crippen LogP contribution in [0.25, 0.3) is 10.9 Å². The van der Waals surface area contributed by atoms with Gasteiger partial charge in [-0.3, -0.25) is 0 Å². The number of nitrogens with two attached hydrogens (primary N) is 1. The van der Waals surface area contributed by atoms with Gasteiger partial charge in [0.2, 0.25) is 10.0 Å². The molecule has 1 aromatic carbocycles. The van der Waals surface area contributed by atoms with E-state index in [0.717, 1.165) is 5.52 Å². The first-order valence-corrected chi connectivity index (χ1v) is 6.73. The van der Waals surface area contributed by atoms with E-state index in [1.54, 1.807) is 32.2 Å². The van der Waals surface area contributed by atoms with Gasteiger partial charge in [0.1, 0.15) is 4.90 Å². The van der Waals surface area contributed by atoms with Gasteiger partial charge in [-0.2, -0.15) is 0 Å². The molecule has 1 heterocycles. The zero-order valence-corrected chi connectivity index (χ0v) is 10.6. The first-order valence-electron chi connectivity index (χ1n) is 5.29. The van der Waals surface area contributed by atoms with Gasteiger partial charge in [-0.05, 0) is 18.2 Å². The quantitative estimate of drug-likeness (QED) is 0.811. The molecular formula is C11H15N3O2S. The van der Waals surface area contributed by atoms with Crippen LogP contribution < -0.4 is 5.73 Å². The second-order valence-electron chi connectivity index (χ2n) is 3.88. The Morgan fingerprint density at radius 2 is 2.12 bits per heavy atom. The summed E-state index contributed by atoms with van der Waals surface area (Å²) < 4.78 is 25.7. The van der Waals surface area contributed by atoms with Crippen LogP contribution in [0.3, 0.4) is 0 Å². The van der Waals surface area contributed by atoms with E-state index in [0.29, 0.717) is 17.6 Å². The van der Waals surface area contributed by atoms with Crippen LogP contribution in [0, 0.1) is 0 Å². The largest absolute Gasteiger partial charge is 0.399 e. The highest BCUT2D eigenvalue weighted by molar-refractivity contribution is 7.89. The molecule has 5 nitrogen and oxygen atoms in total. The van der Waals surface area contributed by atoms with E-state index in [2.05, 4.69) is 4.98 Å². The number of hydrogen-bond acceptors (Lipinski definition) is 3. The number of nitrogens with zero attached hydrogens (tertiary/aromatic N) is 1. The number of nitrogens with one attached hydrogen (secondary N) is 1. The maximum absolute atomic E-state index is 12.2. The van der Waals surface area contributed by atoms with Crippen LogP contribution in [0.4, 0.5) is 5.69 Å². The molecule has 0 saturated carbocycles. The molecule has 3 N–H and O–H groups in total. The third-order valence-electron chi connectivity index (χ3n) is 2.80. The van der Waals surface area contributed by atoms with Crippen molar-refractivity contribution in [1.82, 2.24) is 9.29 Å². The summed E-state index contributed by atoms with van der Waals surface area (Å²) in [4.78, 5) is 3.22. The van der Waals surface area contributed by atoms with Gasteiger partial charge >= 0.3 is 0 Å². The minimum Gasteiger partial charge on any atom is -0.399 e. The fourth-order valence-corrected chi connectivity index (χ4v) is 3.01. The Balaban J connectivity index is 2.65. The SMILES string of the molecule is CCN(C)S(=O)(=O)c1c[nH]c2cc(N)ccc12. The lowest BCUT2D eigenvalue weighted by Gasteiger charge is -2.13. The number of aromatic amines is 1. The van der Waals surface area contributed by atoms with Crippen LogP contribution in [0.15, 0.2) is 29.3 Å². The van der Waals surface area contributed by atoms with E-state index in [4.69, 9.17) is 5.73 Å². The molecular weight excluding hydrogens is 238 g/mol. The zero-order valence-electron chi connectivity index (χ0n) is 9.77. The molecule has 0 unspecified atom stereocenters. The van der Waals surface area contributed by atoms with Gasteiger partial charge < -0.3 is 10.7 Å². The Labute approximate surface area is 100 Å². The molecule has 0 saturated heterocycles. The van der Waals surface area contributed by atoms with Gasteiger partial charge in [0, 0.05) is 36.4 Å². The van der Waals surface area contributed by atoms with Gasteiger partial charge in [-0.1, -0.05) is 6.92 Å². The van der Waals surface area contributed by atoms with Crippen LogP contribution in [0.2, 0.25) is 0 Å². The Bertz CT molecular complexity index is 646. The fraction of sp³-hybridized carbons (Fsp3) is 0.273. The summed E-state index contributed by atoms with van der Waals surface area (Å²) in [5.41, 5.74) is 6.98. The van der Waals surface area contributed by atoms with Crippen molar-refractivity contribution in [1.29, 1.82) is 0 Å². The van der Waals surface area contributed by atoms with E-state index < -0.39 is 10.0 Å². The summed E-state index contributed by atoms with van der Waals surface area (Å²) in [6.45, 7) is 2.23. The molecule has 0 aliphatic heterocycles. The second kappa shape index (κ2) is 4.05. The number of fused-ring (bicyclic) bond motifs is 1. The lowest BCUT2D eigenvalue weighted by Crippen LogP contribution is -2.26. The highest BCUT2D eigenvalue weighted by Gasteiger charge is 2.22. The molecule has 0 aliphatic rings. The zero-order chi connectivity index (χ0) is 12.6. The summed E-state index contributed by atoms with van der Waals surface area (Å²) in [7, 11) is -1.86. The Hall–Kier alpha value is -1.53. The maximum atomic E-state index is 12.2. The average Bonchev–Trinajstić information content (AvgIpc) is 2.71. The first kappa shape index (κ1) is 11.9. The third-order valence-corrected chi connectivity index (χ3v) is 4.77. The molecule has 2 aromatic rings. The molecule has 2 rings (SSSR count). The maximum Gasteiger partial charge on any atom is 0.244 e. The summed E-state index contributed by atoms with van der Waals surface area (Å²) in [5, 5.41) is 0.666. The number of H-pyrrole nitrogens is 1. The molecule has 1 aromatic heterocycles. The highest BCUT2D eigenvalue weighted by Crippen LogP contribution is 2.26. The molecule has 6 heteroatoms. The summed E-state index contributed by atoms with van der Waals surface area (Å²) in [6, 6.07) is 5.14. The van der Waals surface area contributed by atoms with E-state index in [1.165, 1.54) is 10.5 Å². The number of aromatic nitrogens is 1. The van der Waals surface area contributed by atoms with E-state index >= 15 is 0 Å². The van der Waals surface area contributed by atoms with Crippen molar-refractivity contribution in [2.45, 2.75) is 11.8 Å². The molecule has 0 spiro atoms. The molecule has 0 atom stereocenters. The highest BCUT2D eigenvalue weighted by atomic mass is 32.2. The smallest absolute Gasteiger partial charge is 0.244 e. The van der Waals surface area contributed by atoms with Crippen molar-refractivity contribution >= 4 is 26.6 Å². The van der Waals surface area contributed by atoms with Gasteiger partial charge in [-0.25, -0.2) is 12.7 Å². The Kier molecular flexibility index (Phi) is 2.84. The molecule has 0 fully saturated rings. The topological polar surface area (TPSA) is 79.2 Å². The number of benzene rings is 1. The molecule has 0 bridgehead atoms. The van der Waals surface area contributed by atoms with E-state index in [-0.39, 0.29) is 4.90 Å². The van der Waals surface area contributed by atoms with Crippen molar-refractivity contribution in [2.75, 3.05) is 19.3 Å². The van der Waals surface area contributed by atoms with Crippen LogP contribution in [0.1, 0.15) is 6.92 Å². The van der Waals surface area contributed by atoms with Gasteiger partial charge in [0.15, 0.2) is 0 Å². The summed E-state index contributed by atoms with van der Waals surface area (Å²) in [5.74, 6) is 0. The molecule has 17 heavy (non-hydrogen) atoms. The van der Waals surface area contributed by atoms with Crippen LogP contribution >= 0.6 is 0 Å². The van der Waals surface area contributed by atoms with Gasteiger partial charge in [-0.15, -0.1) is 0 Å². The fourth-order valence-electron chi connectivity index (χ4n) is 1.67. The number of anilines is 1. The van der Waals surface area contributed by atoms with Crippen LogP contribution in [0.5, 0.6) is 0 Å². The number of sulfonamides is 1. The normalized spacial score (nSPS) is 12.4. The molecule has 0 radical (unpaired) electrons. The predicted molar refractivity (Wildman–Crippen MR) is 68.2 cm³/mol. The van der Waals surface area contributed by atoms with E-state index in [1.807, 2.05) is 0 Å². The molecule has 92 valence electrons. The van der Waals surface area contributed by atoms with Gasteiger partial charge in [0.25, 0.3) is 0 Å². The minimum absolute atomic E-state index is 0.289. The number of hydrogen-bond donors (Lipinski definition) is 2. The van der Waals surface area contributed by atoms with Crippen molar-refractivity contribution in [3.63, 3.8) is 0 Å². The standard InChI is InChI=1S/C11H15N3O2S/c1-3-14(2)17(15,16)11-7-13-10-6-8(12)4-5-9(10)11/h4-7,13H,3,12H2,1-2H3. The lowest BCUT2D eigenvalue weighted by atomic mass is 10.2. The predicted octanol–water partition coefficient (Wildman–Crippen LogP) is 1.39.